The van der Waals surface area contributed by atoms with Crippen LogP contribution >= 0.6 is 0 Å². The smallest absolute Gasteiger partial charge is 0.222 e. The molecule has 0 bridgehead atoms. The third-order valence-corrected chi connectivity index (χ3v) is 5.65. The second-order valence-electron chi connectivity index (χ2n) is 7.70. The predicted octanol–water partition coefficient (Wildman–Crippen LogP) is 2.36. The van der Waals surface area contributed by atoms with Gasteiger partial charge in [-0.3, -0.25) is 4.90 Å². The molecular weight excluding hydrogens is 340 g/mol. The summed E-state index contributed by atoms with van der Waals surface area (Å²) >= 11 is 0. The van der Waals surface area contributed by atoms with Gasteiger partial charge in [-0.25, -0.2) is 19.9 Å². The van der Waals surface area contributed by atoms with Crippen molar-refractivity contribution in [2.45, 2.75) is 63.1 Å². The molecule has 144 valence electrons. The zero-order chi connectivity index (χ0) is 18.5. The fraction of sp³-hybridized carbons (Fsp3) is 0.600. The van der Waals surface area contributed by atoms with E-state index in [0.717, 1.165) is 30.9 Å². The Hall–Kier alpha value is -2.12. The van der Waals surface area contributed by atoms with Crippen LogP contribution in [0.5, 0.6) is 0 Å². The minimum atomic E-state index is -0.454. The minimum Gasteiger partial charge on any atom is -0.390 e. The Morgan fingerprint density at radius 1 is 1.00 bits per heavy atom. The number of hydrogen-bond donors (Lipinski definition) is 2. The van der Waals surface area contributed by atoms with E-state index in [2.05, 4.69) is 30.2 Å². The zero-order valence-corrected chi connectivity index (χ0v) is 15.7. The molecule has 2 fully saturated rings. The van der Waals surface area contributed by atoms with Gasteiger partial charge in [0.05, 0.1) is 12.1 Å². The van der Waals surface area contributed by atoms with Gasteiger partial charge in [0.25, 0.3) is 0 Å². The summed E-state index contributed by atoms with van der Waals surface area (Å²) in [4.78, 5) is 19.9. The van der Waals surface area contributed by atoms with Crippen molar-refractivity contribution >= 4 is 5.95 Å². The van der Waals surface area contributed by atoms with Crippen molar-refractivity contribution < 1.29 is 5.11 Å². The van der Waals surface area contributed by atoms with E-state index in [1.165, 1.54) is 32.1 Å². The van der Waals surface area contributed by atoms with Crippen LogP contribution in [0.25, 0.3) is 0 Å². The Kier molecular flexibility index (Phi) is 5.89. The van der Waals surface area contributed by atoms with Crippen LogP contribution in [0, 0.1) is 0 Å². The Bertz CT molecular complexity index is 704. The third kappa shape index (κ3) is 4.78. The number of hydrogen-bond acceptors (Lipinski definition) is 7. The van der Waals surface area contributed by atoms with Gasteiger partial charge in [0.2, 0.25) is 5.95 Å². The van der Waals surface area contributed by atoms with E-state index < -0.39 is 6.10 Å². The van der Waals surface area contributed by atoms with E-state index in [0.29, 0.717) is 18.4 Å². The van der Waals surface area contributed by atoms with Crippen LogP contribution < -0.4 is 5.32 Å². The average Bonchev–Trinajstić information content (AvgIpc) is 2.72. The number of nitrogens with zero attached hydrogens (tertiary/aromatic N) is 5. The van der Waals surface area contributed by atoms with Crippen LogP contribution in [0.4, 0.5) is 5.95 Å². The molecule has 4 rings (SSSR count). The topological polar surface area (TPSA) is 87.1 Å². The largest absolute Gasteiger partial charge is 0.390 e. The van der Waals surface area contributed by atoms with E-state index in [-0.39, 0.29) is 6.04 Å². The van der Waals surface area contributed by atoms with Gasteiger partial charge in [-0.05, 0) is 25.3 Å². The number of likely N-dealkylation sites (tertiary alicyclic amines) is 1. The number of anilines is 1. The van der Waals surface area contributed by atoms with E-state index in [1.807, 2.05) is 12.4 Å². The van der Waals surface area contributed by atoms with E-state index in [4.69, 9.17) is 0 Å². The molecular formula is C20H28N6O. The van der Waals surface area contributed by atoms with Gasteiger partial charge in [0.1, 0.15) is 5.82 Å². The van der Waals surface area contributed by atoms with Crippen LogP contribution in [0.2, 0.25) is 0 Å². The summed E-state index contributed by atoms with van der Waals surface area (Å²) in [7, 11) is 0. The highest BCUT2D eigenvalue weighted by atomic mass is 16.3. The number of aliphatic hydroxyl groups is 1. The maximum atomic E-state index is 10.5. The molecule has 0 unspecified atom stereocenters. The number of β-amino-alcohol motifs (C(OH)–C–C–N with tert-alkyl or cyclic N) is 1. The first-order valence-electron chi connectivity index (χ1n) is 10.0. The maximum absolute atomic E-state index is 10.5. The molecule has 0 spiro atoms. The molecule has 1 saturated carbocycles. The quantitative estimate of drug-likeness (QED) is 0.838. The first kappa shape index (κ1) is 18.3. The molecule has 2 aromatic rings. The van der Waals surface area contributed by atoms with Crippen LogP contribution in [0.1, 0.15) is 55.8 Å². The second-order valence-corrected chi connectivity index (χ2v) is 7.70. The molecule has 2 atom stereocenters. The molecule has 0 radical (unpaired) electrons. The maximum Gasteiger partial charge on any atom is 0.222 e. The number of aliphatic hydroxyl groups excluding tert-OH is 1. The van der Waals surface area contributed by atoms with Crippen molar-refractivity contribution in [3.63, 3.8) is 0 Å². The Balaban J connectivity index is 1.29. The summed E-state index contributed by atoms with van der Waals surface area (Å²) in [5, 5.41) is 13.7. The summed E-state index contributed by atoms with van der Waals surface area (Å²) in [5.41, 5.74) is 1.11. The lowest BCUT2D eigenvalue weighted by Gasteiger charge is -2.36. The average molecular weight is 368 g/mol. The molecule has 2 aliphatic rings. The molecule has 1 aliphatic heterocycles. The van der Waals surface area contributed by atoms with Crippen molar-refractivity contribution in [1.82, 2.24) is 24.8 Å². The molecule has 1 saturated heterocycles. The van der Waals surface area contributed by atoms with Crippen molar-refractivity contribution in [3.05, 3.63) is 42.2 Å². The number of nitrogens with one attached hydrogen (secondary N) is 1. The normalized spacial score (nSPS) is 24.6. The highest BCUT2D eigenvalue weighted by Gasteiger charge is 2.28. The van der Waals surface area contributed by atoms with Crippen molar-refractivity contribution in [3.8, 4) is 0 Å². The minimum absolute atomic E-state index is 0.0198. The predicted molar refractivity (Wildman–Crippen MR) is 103 cm³/mol. The van der Waals surface area contributed by atoms with Crippen molar-refractivity contribution in [2.24, 2.45) is 0 Å². The van der Waals surface area contributed by atoms with Gasteiger partial charge in [-0.15, -0.1) is 0 Å². The van der Waals surface area contributed by atoms with Crippen LogP contribution in [0.3, 0.4) is 0 Å². The molecule has 7 nitrogen and oxygen atoms in total. The molecule has 2 aromatic heterocycles. The van der Waals surface area contributed by atoms with Gasteiger partial charge in [0.15, 0.2) is 0 Å². The number of rotatable bonds is 5. The first-order valence-corrected chi connectivity index (χ1v) is 10.0. The summed E-state index contributed by atoms with van der Waals surface area (Å²) in [5.74, 6) is 2.11. The van der Waals surface area contributed by atoms with Crippen molar-refractivity contribution in [2.75, 3.05) is 18.4 Å². The van der Waals surface area contributed by atoms with E-state index >= 15 is 0 Å². The SMILES string of the molecule is O[C@@H]1CN(Cc2cnc(C3CCCCC3)nc2)CC[C@H]1Nc1ncccn1. The molecule has 0 aromatic carbocycles. The highest BCUT2D eigenvalue weighted by Crippen LogP contribution is 2.30. The lowest BCUT2D eigenvalue weighted by molar-refractivity contribution is 0.0558. The number of aromatic nitrogens is 4. The van der Waals surface area contributed by atoms with Gasteiger partial charge in [0, 0.05) is 55.9 Å². The van der Waals surface area contributed by atoms with Crippen molar-refractivity contribution in [1.29, 1.82) is 0 Å². The third-order valence-electron chi connectivity index (χ3n) is 5.65. The highest BCUT2D eigenvalue weighted by molar-refractivity contribution is 5.25. The molecule has 0 amide bonds. The second kappa shape index (κ2) is 8.71. The van der Waals surface area contributed by atoms with E-state index in [9.17, 15) is 5.11 Å². The first-order chi connectivity index (χ1) is 13.3. The fourth-order valence-corrected chi connectivity index (χ4v) is 4.12. The molecule has 1 aliphatic carbocycles. The summed E-state index contributed by atoms with van der Waals surface area (Å²) in [6.07, 6.45) is 14.1. The van der Waals surface area contributed by atoms with Gasteiger partial charge >= 0.3 is 0 Å². The molecule has 2 N–H and O–H groups in total. The molecule has 3 heterocycles. The molecule has 7 heteroatoms. The van der Waals surface area contributed by atoms with Crippen LogP contribution in [0.15, 0.2) is 30.9 Å². The summed E-state index contributed by atoms with van der Waals surface area (Å²) < 4.78 is 0. The van der Waals surface area contributed by atoms with Crippen LogP contribution in [-0.2, 0) is 6.54 Å². The van der Waals surface area contributed by atoms with Gasteiger partial charge < -0.3 is 10.4 Å². The zero-order valence-electron chi connectivity index (χ0n) is 15.7. The Labute approximate surface area is 160 Å². The van der Waals surface area contributed by atoms with E-state index in [1.54, 1.807) is 18.5 Å². The number of piperidine rings is 1. The molecule has 27 heavy (non-hydrogen) atoms. The monoisotopic (exact) mass is 368 g/mol. The van der Waals surface area contributed by atoms with Gasteiger partial charge in [-0.1, -0.05) is 19.3 Å². The Morgan fingerprint density at radius 3 is 2.44 bits per heavy atom. The summed E-state index contributed by atoms with van der Waals surface area (Å²) in [6, 6.07) is 1.76. The Morgan fingerprint density at radius 2 is 1.74 bits per heavy atom. The standard InChI is InChI=1S/C20H28N6O/c27-18-14-26(10-7-17(18)25-20-21-8-4-9-22-20)13-15-11-23-19(24-12-15)16-5-2-1-3-6-16/h4,8-9,11-12,16-18,27H,1-3,5-7,10,13-14H2,(H,21,22,25)/t17-,18-/m1/s1. The van der Waals surface area contributed by atoms with Gasteiger partial charge in [-0.2, -0.15) is 0 Å². The van der Waals surface area contributed by atoms with Crippen LogP contribution in [-0.4, -0.2) is 55.2 Å². The fourth-order valence-electron chi connectivity index (χ4n) is 4.12. The lowest BCUT2D eigenvalue weighted by atomic mass is 9.89. The lowest BCUT2D eigenvalue weighted by Crippen LogP contribution is -2.49. The summed E-state index contributed by atoms with van der Waals surface area (Å²) in [6.45, 7) is 2.30.